The van der Waals surface area contributed by atoms with Gasteiger partial charge in [0.05, 0.1) is 17.3 Å². The Hall–Kier alpha value is -1.16. The largest absolute Gasteiger partial charge is 0.491 e. The SMILES string of the molecule is COc1c(N)[nH]c2ccsc12. The van der Waals surface area contributed by atoms with Crippen molar-refractivity contribution < 1.29 is 4.74 Å². The minimum absolute atomic E-state index is 0.606. The van der Waals surface area contributed by atoms with Crippen LogP contribution in [0.15, 0.2) is 11.4 Å². The maximum absolute atomic E-state index is 5.63. The molecule has 0 bridgehead atoms. The number of nitrogens with two attached hydrogens (primary N) is 1. The van der Waals surface area contributed by atoms with Crippen LogP contribution in [0.2, 0.25) is 0 Å². The van der Waals surface area contributed by atoms with E-state index in [1.807, 2.05) is 11.4 Å². The normalized spacial score (nSPS) is 10.6. The lowest BCUT2D eigenvalue weighted by Gasteiger charge is -1.94. The van der Waals surface area contributed by atoms with Gasteiger partial charge in [-0.1, -0.05) is 0 Å². The second-order valence-electron chi connectivity index (χ2n) is 2.24. The minimum atomic E-state index is 0.606. The molecule has 0 unspecified atom stereocenters. The second kappa shape index (κ2) is 2.17. The molecule has 2 heterocycles. The Morgan fingerprint density at radius 1 is 1.64 bits per heavy atom. The van der Waals surface area contributed by atoms with E-state index in [4.69, 9.17) is 10.5 Å². The van der Waals surface area contributed by atoms with Crippen LogP contribution in [0.25, 0.3) is 10.2 Å². The van der Waals surface area contributed by atoms with Gasteiger partial charge >= 0.3 is 0 Å². The summed E-state index contributed by atoms with van der Waals surface area (Å²) in [5.74, 6) is 1.37. The lowest BCUT2D eigenvalue weighted by molar-refractivity contribution is 0.422. The molecule has 2 aromatic rings. The molecule has 2 rings (SSSR count). The molecular weight excluding hydrogens is 160 g/mol. The zero-order chi connectivity index (χ0) is 7.84. The Kier molecular flexibility index (Phi) is 1.29. The fraction of sp³-hybridized carbons (Fsp3) is 0.143. The molecular formula is C7H8N2OS. The highest BCUT2D eigenvalue weighted by Crippen LogP contribution is 2.35. The summed E-state index contributed by atoms with van der Waals surface area (Å²) in [6, 6.07) is 1.98. The second-order valence-corrected chi connectivity index (χ2v) is 3.15. The number of methoxy groups -OCH3 is 1. The number of nitrogens with one attached hydrogen (secondary N) is 1. The molecule has 0 spiro atoms. The van der Waals surface area contributed by atoms with E-state index in [2.05, 4.69) is 4.98 Å². The predicted molar refractivity (Wildman–Crippen MR) is 47.1 cm³/mol. The van der Waals surface area contributed by atoms with Crippen LogP contribution in [0, 0.1) is 0 Å². The van der Waals surface area contributed by atoms with Crippen molar-refractivity contribution in [1.29, 1.82) is 0 Å². The third-order valence-electron chi connectivity index (χ3n) is 1.59. The van der Waals surface area contributed by atoms with Crippen LogP contribution in [0.3, 0.4) is 0 Å². The van der Waals surface area contributed by atoms with Gasteiger partial charge in [-0.2, -0.15) is 0 Å². The lowest BCUT2D eigenvalue weighted by atomic mass is 10.5. The maximum Gasteiger partial charge on any atom is 0.178 e. The van der Waals surface area contributed by atoms with Gasteiger partial charge in [-0.15, -0.1) is 11.3 Å². The van der Waals surface area contributed by atoms with Crippen molar-refractivity contribution >= 4 is 27.4 Å². The van der Waals surface area contributed by atoms with Crippen molar-refractivity contribution in [2.45, 2.75) is 0 Å². The number of fused-ring (bicyclic) bond motifs is 1. The molecule has 11 heavy (non-hydrogen) atoms. The minimum Gasteiger partial charge on any atom is -0.491 e. The van der Waals surface area contributed by atoms with Crippen LogP contribution in [0.1, 0.15) is 0 Å². The number of rotatable bonds is 1. The molecule has 58 valence electrons. The Morgan fingerprint density at radius 2 is 2.45 bits per heavy atom. The van der Waals surface area contributed by atoms with Crippen molar-refractivity contribution in [2.24, 2.45) is 0 Å². The zero-order valence-corrected chi connectivity index (χ0v) is 6.87. The first-order valence-corrected chi connectivity index (χ1v) is 4.09. The summed E-state index contributed by atoms with van der Waals surface area (Å²) in [4.78, 5) is 3.02. The lowest BCUT2D eigenvalue weighted by Crippen LogP contribution is -1.88. The van der Waals surface area contributed by atoms with E-state index in [9.17, 15) is 0 Å². The van der Waals surface area contributed by atoms with E-state index in [0.717, 1.165) is 16.0 Å². The number of H-pyrrole nitrogens is 1. The van der Waals surface area contributed by atoms with E-state index < -0.39 is 0 Å². The summed E-state index contributed by atoms with van der Waals surface area (Å²) in [7, 11) is 1.62. The van der Waals surface area contributed by atoms with Crippen molar-refractivity contribution in [3.63, 3.8) is 0 Å². The van der Waals surface area contributed by atoms with Gasteiger partial charge in [-0.3, -0.25) is 0 Å². The number of hydrogen-bond donors (Lipinski definition) is 2. The number of thiophene rings is 1. The Balaban J connectivity index is 2.80. The van der Waals surface area contributed by atoms with E-state index in [0.29, 0.717) is 5.82 Å². The van der Waals surface area contributed by atoms with Crippen LogP contribution in [-0.4, -0.2) is 12.1 Å². The van der Waals surface area contributed by atoms with E-state index >= 15 is 0 Å². The molecule has 0 aliphatic carbocycles. The smallest absolute Gasteiger partial charge is 0.178 e. The quantitative estimate of drug-likeness (QED) is 0.682. The van der Waals surface area contributed by atoms with Gasteiger partial charge in [0.25, 0.3) is 0 Å². The zero-order valence-electron chi connectivity index (χ0n) is 6.05. The number of aromatic nitrogens is 1. The monoisotopic (exact) mass is 168 g/mol. The Bertz CT molecular complexity index is 377. The van der Waals surface area contributed by atoms with Crippen LogP contribution in [0.5, 0.6) is 5.75 Å². The molecule has 0 fully saturated rings. The van der Waals surface area contributed by atoms with Gasteiger partial charge in [0, 0.05) is 0 Å². The van der Waals surface area contributed by atoms with Crippen LogP contribution in [-0.2, 0) is 0 Å². The highest BCUT2D eigenvalue weighted by molar-refractivity contribution is 7.17. The van der Waals surface area contributed by atoms with Crippen LogP contribution in [0.4, 0.5) is 5.82 Å². The summed E-state index contributed by atoms with van der Waals surface area (Å²) in [5.41, 5.74) is 6.68. The average molecular weight is 168 g/mol. The molecule has 0 aliphatic rings. The van der Waals surface area contributed by atoms with Gasteiger partial charge in [0.1, 0.15) is 5.82 Å². The number of anilines is 1. The molecule has 0 atom stereocenters. The molecule has 0 aliphatic heterocycles. The fourth-order valence-corrected chi connectivity index (χ4v) is 2.00. The molecule has 3 nitrogen and oxygen atoms in total. The summed E-state index contributed by atoms with van der Waals surface area (Å²) >= 11 is 1.62. The number of hydrogen-bond acceptors (Lipinski definition) is 3. The molecule has 0 aromatic carbocycles. The first-order valence-electron chi connectivity index (χ1n) is 3.21. The number of aromatic amines is 1. The van der Waals surface area contributed by atoms with E-state index in [1.54, 1.807) is 18.4 Å². The van der Waals surface area contributed by atoms with Crippen molar-refractivity contribution in [1.82, 2.24) is 4.98 Å². The number of ether oxygens (including phenoxy) is 1. The molecule has 4 heteroatoms. The summed E-state index contributed by atoms with van der Waals surface area (Å²) in [6.45, 7) is 0. The average Bonchev–Trinajstić information content (AvgIpc) is 2.46. The van der Waals surface area contributed by atoms with E-state index in [1.165, 1.54) is 0 Å². The molecule has 0 saturated heterocycles. The fourth-order valence-electron chi connectivity index (χ4n) is 1.11. The number of nitrogen functional groups attached to an aromatic ring is 1. The van der Waals surface area contributed by atoms with Crippen LogP contribution < -0.4 is 10.5 Å². The first kappa shape index (κ1) is 6.54. The highest BCUT2D eigenvalue weighted by Gasteiger charge is 2.09. The summed E-state index contributed by atoms with van der Waals surface area (Å²) in [5, 5.41) is 2.00. The third-order valence-corrected chi connectivity index (χ3v) is 2.50. The van der Waals surface area contributed by atoms with Crippen molar-refractivity contribution in [3.8, 4) is 5.75 Å². The molecule has 0 radical (unpaired) electrons. The summed E-state index contributed by atoms with van der Waals surface area (Å²) < 4.78 is 6.20. The standard InChI is InChI=1S/C7H8N2OS/c1-10-5-6-4(2-3-11-6)9-7(5)8/h2-3,9H,8H2,1H3. The van der Waals surface area contributed by atoms with Crippen molar-refractivity contribution in [2.75, 3.05) is 12.8 Å². The third kappa shape index (κ3) is 0.793. The molecule has 2 aromatic heterocycles. The van der Waals surface area contributed by atoms with Crippen molar-refractivity contribution in [3.05, 3.63) is 11.4 Å². The van der Waals surface area contributed by atoms with Gasteiger partial charge in [-0.05, 0) is 11.4 Å². The van der Waals surface area contributed by atoms with Gasteiger partial charge in [0.15, 0.2) is 5.75 Å². The van der Waals surface area contributed by atoms with E-state index in [-0.39, 0.29) is 0 Å². The summed E-state index contributed by atoms with van der Waals surface area (Å²) in [6.07, 6.45) is 0. The maximum atomic E-state index is 5.63. The van der Waals surface area contributed by atoms with Gasteiger partial charge < -0.3 is 15.5 Å². The topological polar surface area (TPSA) is 51.0 Å². The van der Waals surface area contributed by atoms with Crippen LogP contribution >= 0.6 is 11.3 Å². The van der Waals surface area contributed by atoms with Gasteiger partial charge in [-0.25, -0.2) is 0 Å². The van der Waals surface area contributed by atoms with Gasteiger partial charge in [0.2, 0.25) is 0 Å². The molecule has 0 amide bonds. The highest BCUT2D eigenvalue weighted by atomic mass is 32.1. The molecule has 3 N–H and O–H groups in total. The molecule has 0 saturated carbocycles. The Morgan fingerprint density at radius 3 is 3.18 bits per heavy atom. The Labute approximate surface area is 67.8 Å². The first-order chi connectivity index (χ1) is 5.33. The predicted octanol–water partition coefficient (Wildman–Crippen LogP) is 1.82.